The molecule has 0 bridgehead atoms. The predicted molar refractivity (Wildman–Crippen MR) is 113 cm³/mol. The molecule has 27 heavy (non-hydrogen) atoms. The summed E-state index contributed by atoms with van der Waals surface area (Å²) < 4.78 is 0. The number of nitrogens with one attached hydrogen (secondary N) is 1. The molecule has 3 aromatic rings. The minimum Gasteiger partial charge on any atom is -0.369 e. The van der Waals surface area contributed by atoms with Crippen molar-refractivity contribution in [3.05, 3.63) is 65.0 Å². The summed E-state index contributed by atoms with van der Waals surface area (Å²) in [5.41, 5.74) is 4.43. The lowest BCUT2D eigenvalue weighted by molar-refractivity contribution is -0.117. The van der Waals surface area contributed by atoms with E-state index in [0.717, 1.165) is 28.7 Å². The van der Waals surface area contributed by atoms with Crippen LogP contribution < -0.4 is 5.32 Å². The summed E-state index contributed by atoms with van der Waals surface area (Å²) in [5, 5.41) is 4.38. The Morgan fingerprint density at radius 2 is 1.74 bits per heavy atom. The number of hydrogen-bond donors (Lipinski definition) is 1. The highest BCUT2D eigenvalue weighted by Crippen LogP contribution is 2.22. The lowest BCUT2D eigenvalue weighted by Crippen LogP contribution is -2.07. The van der Waals surface area contributed by atoms with Gasteiger partial charge < -0.3 is 10.1 Å². The second-order valence-corrected chi connectivity index (χ2v) is 6.93. The fraction of sp³-hybridized carbons (Fsp3) is 0.261. The number of carbonyl (C=O) groups excluding carboxylic acids is 1. The molecule has 0 saturated carbocycles. The van der Waals surface area contributed by atoms with Crippen molar-refractivity contribution in [3.63, 3.8) is 0 Å². The first kappa shape index (κ1) is 18.8. The Morgan fingerprint density at radius 1 is 1.00 bits per heavy atom. The van der Waals surface area contributed by atoms with Crippen LogP contribution >= 0.6 is 0 Å². The number of aryl methyl sites for hydroxylation is 2. The van der Waals surface area contributed by atoms with Crippen LogP contribution in [0.3, 0.4) is 0 Å². The summed E-state index contributed by atoms with van der Waals surface area (Å²) in [6.45, 7) is 6.47. The molecule has 4 heteroatoms. The first-order valence-electron chi connectivity index (χ1n) is 9.28. The molecular formula is C23H25N3O. The third-order valence-electron chi connectivity index (χ3n) is 4.37. The number of rotatable bonds is 7. The van der Waals surface area contributed by atoms with Gasteiger partial charge in [-0.05, 0) is 51.0 Å². The Labute approximate surface area is 160 Å². The van der Waals surface area contributed by atoms with Crippen molar-refractivity contribution in [3.8, 4) is 0 Å². The van der Waals surface area contributed by atoms with E-state index in [9.17, 15) is 4.79 Å². The van der Waals surface area contributed by atoms with Crippen LogP contribution in [-0.2, 0) is 4.79 Å². The van der Waals surface area contributed by atoms with Gasteiger partial charge >= 0.3 is 0 Å². The zero-order valence-corrected chi connectivity index (χ0v) is 16.1. The van der Waals surface area contributed by atoms with E-state index in [1.165, 1.54) is 11.1 Å². The van der Waals surface area contributed by atoms with Crippen molar-refractivity contribution in [1.29, 1.82) is 0 Å². The van der Waals surface area contributed by atoms with E-state index in [1.54, 1.807) is 6.92 Å². The molecule has 1 aromatic heterocycles. The van der Waals surface area contributed by atoms with Crippen LogP contribution in [0, 0.1) is 13.8 Å². The maximum absolute atomic E-state index is 11.1. The normalized spacial score (nSPS) is 11.2. The highest BCUT2D eigenvalue weighted by Gasteiger charge is 2.07. The molecule has 0 aliphatic carbocycles. The van der Waals surface area contributed by atoms with Gasteiger partial charge in [0.1, 0.15) is 11.6 Å². The van der Waals surface area contributed by atoms with Gasteiger partial charge in [0.05, 0.1) is 5.52 Å². The monoisotopic (exact) mass is 359 g/mol. The lowest BCUT2D eigenvalue weighted by Gasteiger charge is -2.10. The van der Waals surface area contributed by atoms with E-state index in [1.807, 2.05) is 18.2 Å². The number of fused-ring (bicyclic) bond motifs is 1. The Bertz CT molecular complexity index is 975. The zero-order valence-electron chi connectivity index (χ0n) is 16.1. The summed E-state index contributed by atoms with van der Waals surface area (Å²) in [6, 6.07) is 14.5. The first-order chi connectivity index (χ1) is 13.0. The molecule has 1 heterocycles. The van der Waals surface area contributed by atoms with Crippen LogP contribution in [0.15, 0.2) is 42.5 Å². The summed E-state index contributed by atoms with van der Waals surface area (Å²) >= 11 is 0. The van der Waals surface area contributed by atoms with Gasteiger partial charge in [-0.15, -0.1) is 0 Å². The van der Waals surface area contributed by atoms with Crippen molar-refractivity contribution in [2.24, 2.45) is 0 Å². The smallest absolute Gasteiger partial charge is 0.154 e. The molecule has 138 valence electrons. The van der Waals surface area contributed by atoms with Gasteiger partial charge in [-0.2, -0.15) is 0 Å². The standard InChI is InChI=1S/C23H25N3O/c1-16-6-9-19(10-7-16)11-13-22-25-21-12-8-17(2)15-20(21)23(26-22)24-14-4-5-18(3)27/h6-13,15H,4-5,14H2,1-3H3,(H,24,25,26)/b13-11+. The predicted octanol–water partition coefficient (Wildman–Crippen LogP) is 5.20. The fourth-order valence-electron chi connectivity index (χ4n) is 2.86. The van der Waals surface area contributed by atoms with Crippen molar-refractivity contribution >= 4 is 34.7 Å². The van der Waals surface area contributed by atoms with Gasteiger partial charge in [-0.25, -0.2) is 9.97 Å². The minimum absolute atomic E-state index is 0.210. The van der Waals surface area contributed by atoms with Gasteiger partial charge in [0, 0.05) is 18.4 Å². The Hall–Kier alpha value is -3.01. The van der Waals surface area contributed by atoms with Crippen LogP contribution in [0.5, 0.6) is 0 Å². The summed E-state index contributed by atoms with van der Waals surface area (Å²) in [7, 11) is 0. The van der Waals surface area contributed by atoms with Gasteiger partial charge in [0.2, 0.25) is 0 Å². The molecule has 0 unspecified atom stereocenters. The van der Waals surface area contributed by atoms with Gasteiger partial charge in [-0.3, -0.25) is 0 Å². The summed E-state index contributed by atoms with van der Waals surface area (Å²) in [4.78, 5) is 20.5. The third kappa shape index (κ3) is 5.23. The highest BCUT2D eigenvalue weighted by atomic mass is 16.1. The van der Waals surface area contributed by atoms with E-state index >= 15 is 0 Å². The molecule has 0 aliphatic heterocycles. The average Bonchev–Trinajstić information content (AvgIpc) is 2.65. The molecule has 0 radical (unpaired) electrons. The van der Waals surface area contributed by atoms with Gasteiger partial charge in [0.15, 0.2) is 5.82 Å². The zero-order chi connectivity index (χ0) is 19.2. The number of carbonyl (C=O) groups is 1. The topological polar surface area (TPSA) is 54.9 Å². The van der Waals surface area contributed by atoms with Crippen molar-refractivity contribution < 1.29 is 4.79 Å². The van der Waals surface area contributed by atoms with E-state index in [0.29, 0.717) is 18.8 Å². The molecule has 0 saturated heterocycles. The largest absolute Gasteiger partial charge is 0.369 e. The van der Waals surface area contributed by atoms with Gasteiger partial charge in [0.25, 0.3) is 0 Å². The fourth-order valence-corrected chi connectivity index (χ4v) is 2.86. The molecule has 0 spiro atoms. The first-order valence-corrected chi connectivity index (χ1v) is 9.28. The maximum Gasteiger partial charge on any atom is 0.154 e. The number of anilines is 1. The van der Waals surface area contributed by atoms with Crippen LogP contribution in [-0.4, -0.2) is 22.3 Å². The van der Waals surface area contributed by atoms with Gasteiger partial charge in [-0.1, -0.05) is 47.5 Å². The second-order valence-electron chi connectivity index (χ2n) is 6.93. The average molecular weight is 359 g/mol. The van der Waals surface area contributed by atoms with Crippen LogP contribution in [0.2, 0.25) is 0 Å². The van der Waals surface area contributed by atoms with Crippen LogP contribution in [0.1, 0.15) is 42.3 Å². The minimum atomic E-state index is 0.210. The highest BCUT2D eigenvalue weighted by molar-refractivity contribution is 5.90. The molecule has 1 N–H and O–H groups in total. The second kappa shape index (κ2) is 8.58. The van der Waals surface area contributed by atoms with Crippen molar-refractivity contribution in [1.82, 2.24) is 9.97 Å². The van der Waals surface area contributed by atoms with Crippen LogP contribution in [0.4, 0.5) is 5.82 Å². The number of aromatic nitrogens is 2. The molecule has 0 atom stereocenters. The van der Waals surface area contributed by atoms with E-state index < -0.39 is 0 Å². The molecular weight excluding hydrogens is 334 g/mol. The molecule has 0 fully saturated rings. The summed E-state index contributed by atoms with van der Waals surface area (Å²) in [6.07, 6.45) is 5.33. The van der Waals surface area contributed by atoms with E-state index in [4.69, 9.17) is 4.98 Å². The lowest BCUT2D eigenvalue weighted by atomic mass is 10.1. The van der Waals surface area contributed by atoms with Crippen LogP contribution in [0.25, 0.3) is 23.1 Å². The van der Waals surface area contributed by atoms with E-state index in [2.05, 4.69) is 60.5 Å². The quantitative estimate of drug-likeness (QED) is 0.589. The molecule has 3 rings (SSSR count). The Morgan fingerprint density at radius 3 is 2.48 bits per heavy atom. The number of benzene rings is 2. The molecule has 2 aromatic carbocycles. The number of Topliss-reactive ketones (excluding diaryl/α,β-unsaturated/α-hetero) is 1. The Kier molecular flexibility index (Phi) is 5.97. The Balaban J connectivity index is 1.87. The van der Waals surface area contributed by atoms with Crippen molar-refractivity contribution in [2.75, 3.05) is 11.9 Å². The third-order valence-corrected chi connectivity index (χ3v) is 4.37. The number of ketones is 1. The van der Waals surface area contributed by atoms with Crippen molar-refractivity contribution in [2.45, 2.75) is 33.6 Å². The number of hydrogen-bond acceptors (Lipinski definition) is 4. The number of nitrogens with zero attached hydrogens (tertiary/aromatic N) is 2. The molecule has 4 nitrogen and oxygen atoms in total. The summed E-state index contributed by atoms with van der Waals surface area (Å²) in [5.74, 6) is 1.69. The molecule has 0 aliphatic rings. The molecule has 0 amide bonds. The van der Waals surface area contributed by atoms with E-state index in [-0.39, 0.29) is 5.78 Å². The SMILES string of the molecule is CC(=O)CCCNc1nc(/C=C/c2ccc(C)cc2)nc2ccc(C)cc12. The maximum atomic E-state index is 11.1.